The van der Waals surface area contributed by atoms with Crippen LogP contribution in [0.25, 0.3) is 0 Å². The van der Waals surface area contributed by atoms with E-state index in [9.17, 15) is 14.7 Å². The summed E-state index contributed by atoms with van der Waals surface area (Å²) in [6.45, 7) is 14.4. The predicted octanol–water partition coefficient (Wildman–Crippen LogP) is 4.74. The van der Waals surface area contributed by atoms with E-state index in [2.05, 4.69) is 27.7 Å². The Morgan fingerprint density at radius 2 is 1.77 bits per heavy atom. The van der Waals surface area contributed by atoms with Crippen molar-refractivity contribution < 1.29 is 28.9 Å². The average Bonchev–Trinajstić information content (AvgIpc) is 3.36. The number of allylic oxidation sites excluding steroid dienone is 1. The summed E-state index contributed by atoms with van der Waals surface area (Å²) < 4.78 is 18.7. The molecule has 0 aromatic carbocycles. The molecule has 2 saturated carbocycles. The van der Waals surface area contributed by atoms with E-state index in [0.717, 1.165) is 43.3 Å². The average molecular weight is 487 g/mol. The van der Waals surface area contributed by atoms with Gasteiger partial charge in [0.15, 0.2) is 23.3 Å². The van der Waals surface area contributed by atoms with Crippen molar-refractivity contribution >= 4 is 11.8 Å². The van der Waals surface area contributed by atoms with Crippen molar-refractivity contribution in [2.45, 2.75) is 104 Å². The summed E-state index contributed by atoms with van der Waals surface area (Å²) in [6.07, 6.45) is 6.62. The molecule has 2 unspecified atom stereocenters. The van der Waals surface area contributed by atoms with Gasteiger partial charge in [-0.3, -0.25) is 9.59 Å². The SMILES string of the molecule is CC1=CC23C(=O)[C@@H](C=C4COC(C)(C)O[C@H]4[C@]2(O)[C@H]1OC(=O)C1CCCC1)C(C)(C)[C@@H](C)CC3C. The first-order chi connectivity index (χ1) is 16.3. The first-order valence-electron chi connectivity index (χ1n) is 13.4. The van der Waals surface area contributed by atoms with Gasteiger partial charge in [0.25, 0.3) is 0 Å². The van der Waals surface area contributed by atoms with Gasteiger partial charge in [-0.2, -0.15) is 0 Å². The maximum absolute atomic E-state index is 14.7. The summed E-state index contributed by atoms with van der Waals surface area (Å²) in [5.41, 5.74) is -1.78. The lowest BCUT2D eigenvalue weighted by atomic mass is 9.59. The topological polar surface area (TPSA) is 82.1 Å². The summed E-state index contributed by atoms with van der Waals surface area (Å²) in [5.74, 6) is -1.68. The van der Waals surface area contributed by atoms with E-state index in [1.54, 1.807) is 0 Å². The van der Waals surface area contributed by atoms with Crippen molar-refractivity contribution in [3.05, 3.63) is 23.3 Å². The van der Waals surface area contributed by atoms with Gasteiger partial charge in [-0.15, -0.1) is 0 Å². The number of hydrogen-bond donors (Lipinski definition) is 1. The van der Waals surface area contributed by atoms with Gasteiger partial charge in [0, 0.05) is 5.92 Å². The highest BCUT2D eigenvalue weighted by Crippen LogP contribution is 2.64. The molecule has 5 aliphatic rings. The molecule has 3 fully saturated rings. The summed E-state index contributed by atoms with van der Waals surface area (Å²) in [7, 11) is 0. The van der Waals surface area contributed by atoms with E-state index < -0.39 is 34.9 Å². The minimum Gasteiger partial charge on any atom is -0.454 e. The predicted molar refractivity (Wildman–Crippen MR) is 131 cm³/mol. The highest BCUT2D eigenvalue weighted by molar-refractivity contribution is 5.95. The fourth-order valence-corrected chi connectivity index (χ4v) is 7.73. The fraction of sp³-hybridized carbons (Fsp3) is 0.793. The van der Waals surface area contributed by atoms with Gasteiger partial charge in [0.05, 0.1) is 17.9 Å². The van der Waals surface area contributed by atoms with Crippen molar-refractivity contribution in [1.29, 1.82) is 0 Å². The molecule has 1 heterocycles. The summed E-state index contributed by atoms with van der Waals surface area (Å²) in [4.78, 5) is 27.9. The minimum absolute atomic E-state index is 0.00363. The van der Waals surface area contributed by atoms with Crippen molar-refractivity contribution in [3.63, 3.8) is 0 Å². The van der Waals surface area contributed by atoms with Crippen LogP contribution in [-0.2, 0) is 23.8 Å². The van der Waals surface area contributed by atoms with Gasteiger partial charge in [-0.05, 0) is 68.4 Å². The Hall–Kier alpha value is -1.50. The van der Waals surface area contributed by atoms with Crippen LogP contribution in [0.5, 0.6) is 0 Å². The van der Waals surface area contributed by atoms with Gasteiger partial charge in [-0.25, -0.2) is 0 Å². The Morgan fingerprint density at radius 1 is 1.11 bits per heavy atom. The van der Waals surface area contributed by atoms with Crippen LogP contribution in [0, 0.1) is 34.5 Å². The molecule has 4 aliphatic carbocycles. The molecule has 0 radical (unpaired) electrons. The zero-order chi connectivity index (χ0) is 25.6. The molecule has 2 bridgehead atoms. The molecule has 6 heteroatoms. The molecule has 1 N–H and O–H groups in total. The van der Waals surface area contributed by atoms with Crippen LogP contribution < -0.4 is 0 Å². The molecule has 0 aromatic rings. The minimum atomic E-state index is -1.75. The van der Waals surface area contributed by atoms with Crippen molar-refractivity contribution in [2.75, 3.05) is 6.61 Å². The lowest BCUT2D eigenvalue weighted by Gasteiger charge is -2.52. The Balaban J connectivity index is 1.70. The Morgan fingerprint density at radius 3 is 2.43 bits per heavy atom. The zero-order valence-corrected chi connectivity index (χ0v) is 22.3. The Kier molecular flexibility index (Phi) is 5.75. The van der Waals surface area contributed by atoms with Crippen LogP contribution in [0.15, 0.2) is 23.3 Å². The number of carbonyl (C=O) groups excluding carboxylic acids is 2. The van der Waals surface area contributed by atoms with Gasteiger partial charge >= 0.3 is 5.97 Å². The summed E-state index contributed by atoms with van der Waals surface area (Å²) in [6, 6.07) is 0. The molecule has 0 amide bonds. The van der Waals surface area contributed by atoms with E-state index in [4.69, 9.17) is 14.2 Å². The highest BCUT2D eigenvalue weighted by atomic mass is 16.7. The molecule has 194 valence electrons. The molecule has 7 atom stereocenters. The first kappa shape index (κ1) is 25.2. The quantitative estimate of drug-likeness (QED) is 0.448. The van der Waals surface area contributed by atoms with Crippen LogP contribution in [0.1, 0.15) is 80.6 Å². The maximum atomic E-state index is 14.7. The van der Waals surface area contributed by atoms with Gasteiger partial charge in [-0.1, -0.05) is 52.7 Å². The standard InChI is InChI=1S/C29H42O6/c1-16-14-28-18(3)12-17(2)26(4,5)21(22(28)30)13-20-15-33-27(6,7)35-24(20)29(28,32)23(16)34-25(31)19-10-8-9-11-19/h13-14,17-19,21,23-24,32H,8-12,15H2,1-7H3/t17-,18?,21+,23-,24+,28?,29+/m0/s1. The molecule has 0 aromatic heterocycles. The number of aliphatic hydroxyl groups is 1. The largest absolute Gasteiger partial charge is 0.454 e. The third-order valence-electron chi connectivity index (χ3n) is 10.2. The molecule has 5 rings (SSSR count). The second-order valence-electron chi connectivity index (χ2n) is 13.0. The van der Waals surface area contributed by atoms with E-state index in [-0.39, 0.29) is 41.5 Å². The molecule has 35 heavy (non-hydrogen) atoms. The molecule has 1 spiro atoms. The Labute approximate surface area is 209 Å². The first-order valence-corrected chi connectivity index (χ1v) is 13.4. The zero-order valence-electron chi connectivity index (χ0n) is 22.3. The van der Waals surface area contributed by atoms with Gasteiger partial charge < -0.3 is 19.3 Å². The number of Topliss-reactive ketones (excluding diaryl/α,β-unsaturated/α-hetero) is 1. The lowest BCUT2D eigenvalue weighted by Crippen LogP contribution is -2.68. The third kappa shape index (κ3) is 3.39. The van der Waals surface area contributed by atoms with E-state index in [0.29, 0.717) is 0 Å². The Bertz CT molecular complexity index is 985. The highest BCUT2D eigenvalue weighted by Gasteiger charge is 2.74. The maximum Gasteiger partial charge on any atom is 0.309 e. The number of ketones is 1. The van der Waals surface area contributed by atoms with Gasteiger partial charge in [0.2, 0.25) is 0 Å². The molecule has 6 nitrogen and oxygen atoms in total. The molecular formula is C29H42O6. The number of hydrogen-bond acceptors (Lipinski definition) is 6. The van der Waals surface area contributed by atoms with Crippen LogP contribution >= 0.6 is 0 Å². The van der Waals surface area contributed by atoms with Crippen LogP contribution in [-0.4, -0.2) is 47.1 Å². The van der Waals surface area contributed by atoms with Crippen molar-refractivity contribution in [1.82, 2.24) is 0 Å². The number of rotatable bonds is 2. The summed E-state index contributed by atoms with van der Waals surface area (Å²) >= 11 is 0. The normalized spacial score (nSPS) is 44.5. The number of fused-ring (bicyclic) bond motifs is 3. The summed E-state index contributed by atoms with van der Waals surface area (Å²) in [5, 5.41) is 13.0. The van der Waals surface area contributed by atoms with Crippen LogP contribution in [0.2, 0.25) is 0 Å². The molecule has 1 aliphatic heterocycles. The lowest BCUT2D eigenvalue weighted by molar-refractivity contribution is -0.304. The van der Waals surface area contributed by atoms with Crippen molar-refractivity contribution in [3.8, 4) is 0 Å². The number of ether oxygens (including phenoxy) is 3. The van der Waals surface area contributed by atoms with E-state index in [1.807, 2.05) is 32.9 Å². The smallest absolute Gasteiger partial charge is 0.309 e. The van der Waals surface area contributed by atoms with E-state index in [1.165, 1.54) is 0 Å². The number of carbonyl (C=O) groups is 2. The fourth-order valence-electron chi connectivity index (χ4n) is 7.73. The second kappa shape index (κ2) is 8.00. The van der Waals surface area contributed by atoms with Crippen LogP contribution in [0.4, 0.5) is 0 Å². The molecule has 1 saturated heterocycles. The second-order valence-corrected chi connectivity index (χ2v) is 13.0. The van der Waals surface area contributed by atoms with Crippen LogP contribution in [0.3, 0.4) is 0 Å². The third-order valence-corrected chi connectivity index (χ3v) is 10.2. The van der Waals surface area contributed by atoms with E-state index >= 15 is 0 Å². The van der Waals surface area contributed by atoms with Gasteiger partial charge in [0.1, 0.15) is 6.10 Å². The monoisotopic (exact) mass is 486 g/mol. The number of esters is 1. The van der Waals surface area contributed by atoms with Crippen molar-refractivity contribution in [2.24, 2.45) is 34.5 Å². The molecular weight excluding hydrogens is 444 g/mol.